The van der Waals surface area contributed by atoms with Gasteiger partial charge in [0.25, 0.3) is 0 Å². The highest BCUT2D eigenvalue weighted by Crippen LogP contribution is 2.36. The van der Waals surface area contributed by atoms with Crippen LogP contribution in [0.25, 0.3) is 11.1 Å². The summed E-state index contributed by atoms with van der Waals surface area (Å²) in [5.74, 6) is 2.76. The largest absolute Gasteiger partial charge is 0.493 e. The normalized spacial score (nSPS) is 14.3. The monoisotopic (exact) mass is 735 g/mol. The number of nitrogens with zero attached hydrogens (tertiary/aromatic N) is 4. The van der Waals surface area contributed by atoms with Gasteiger partial charge in [0.05, 0.1) is 29.0 Å². The summed E-state index contributed by atoms with van der Waals surface area (Å²) in [6.07, 6.45) is 4.76. The lowest BCUT2D eigenvalue weighted by atomic mass is 9.93. The predicted octanol–water partition coefficient (Wildman–Crippen LogP) is 7.78. The molecule has 6 rings (SSSR count). The number of rotatable bonds is 16. The van der Waals surface area contributed by atoms with Crippen molar-refractivity contribution in [2.75, 3.05) is 26.2 Å². The van der Waals surface area contributed by atoms with Crippen LogP contribution in [0.5, 0.6) is 17.2 Å². The van der Waals surface area contributed by atoms with Gasteiger partial charge in [-0.3, -0.25) is 4.98 Å². The van der Waals surface area contributed by atoms with Gasteiger partial charge in [-0.25, -0.2) is 0 Å². The summed E-state index contributed by atoms with van der Waals surface area (Å²) in [6.45, 7) is 12.8. The topological polar surface area (TPSA) is 126 Å². The molecule has 3 aromatic carbocycles. The van der Waals surface area contributed by atoms with Gasteiger partial charge in [0.15, 0.2) is 0 Å². The fourth-order valence-electron chi connectivity index (χ4n) is 6.66. The summed E-state index contributed by atoms with van der Waals surface area (Å²) in [5.41, 5.74) is 9.41. The Morgan fingerprint density at radius 1 is 0.925 bits per heavy atom. The summed E-state index contributed by atoms with van der Waals surface area (Å²) in [7, 11) is 0. The van der Waals surface area contributed by atoms with Crippen LogP contribution in [0.3, 0.4) is 0 Å². The number of ether oxygens (including phenoxy) is 3. The number of pyridine rings is 1. The van der Waals surface area contributed by atoms with Gasteiger partial charge in [-0.1, -0.05) is 47.1 Å². The summed E-state index contributed by atoms with van der Waals surface area (Å²) < 4.78 is 24.3. The lowest BCUT2D eigenvalue weighted by molar-refractivity contribution is 0.173. The molecule has 10 nitrogen and oxygen atoms in total. The molecular weight excluding hydrogens is 690 g/mol. The molecule has 1 aliphatic rings. The minimum Gasteiger partial charge on any atom is -0.493 e. The average Bonchev–Trinajstić information content (AvgIpc) is 3.73. The zero-order valence-corrected chi connectivity index (χ0v) is 31.5. The molecule has 1 saturated heterocycles. The van der Waals surface area contributed by atoms with E-state index < -0.39 is 0 Å². The molecule has 2 N–H and O–H groups in total. The molecule has 0 bridgehead atoms. The Balaban J connectivity index is 1.16. The van der Waals surface area contributed by atoms with E-state index >= 15 is 0 Å². The number of nitrogens with one attached hydrogen (secondary N) is 1. The molecule has 1 fully saturated rings. The SMILES string of the molecule is Cc1noc(C)c1CNCc1cc(Cl)c(OCc2cccc(-c3cccc(OCCCN4CC[C@H](O)C4)c3C)c2C)cc1OCc1cncc(C#N)c1. The van der Waals surface area contributed by atoms with Gasteiger partial charge in [-0.15, -0.1) is 0 Å². The van der Waals surface area contributed by atoms with Crippen molar-refractivity contribution in [1.29, 1.82) is 5.26 Å². The minimum absolute atomic E-state index is 0.204. The molecule has 1 aliphatic heterocycles. The quantitative estimate of drug-likeness (QED) is 0.0971. The van der Waals surface area contributed by atoms with Crippen molar-refractivity contribution in [2.24, 2.45) is 0 Å². The Bertz CT molecular complexity index is 2060. The number of likely N-dealkylation sites (tertiary alicyclic amines) is 1. The molecule has 1 atom stereocenters. The van der Waals surface area contributed by atoms with Gasteiger partial charge in [0.2, 0.25) is 0 Å². The van der Waals surface area contributed by atoms with E-state index in [1.165, 1.54) is 6.20 Å². The first-order valence-electron chi connectivity index (χ1n) is 18.0. The summed E-state index contributed by atoms with van der Waals surface area (Å²) in [4.78, 5) is 6.46. The summed E-state index contributed by atoms with van der Waals surface area (Å²) in [6, 6.07) is 20.0. The number of β-amino-alcohol motifs (C(OH)–C–C–N with tert-alkyl or cyclic N) is 1. The van der Waals surface area contributed by atoms with E-state index in [9.17, 15) is 10.4 Å². The number of halogens is 1. The highest BCUT2D eigenvalue weighted by atomic mass is 35.5. The van der Waals surface area contributed by atoms with E-state index in [1.807, 2.05) is 44.2 Å². The van der Waals surface area contributed by atoms with Crippen molar-refractivity contribution in [3.8, 4) is 34.4 Å². The van der Waals surface area contributed by atoms with E-state index in [1.54, 1.807) is 12.3 Å². The maximum atomic E-state index is 9.80. The first kappa shape index (κ1) is 37.8. The van der Waals surface area contributed by atoms with Crippen molar-refractivity contribution in [3.63, 3.8) is 0 Å². The number of aliphatic hydroxyl groups is 1. The first-order valence-corrected chi connectivity index (χ1v) is 18.3. The van der Waals surface area contributed by atoms with Gasteiger partial charge in [0, 0.05) is 67.9 Å². The smallest absolute Gasteiger partial charge is 0.142 e. The molecule has 2 aromatic heterocycles. The van der Waals surface area contributed by atoms with Crippen LogP contribution < -0.4 is 19.5 Å². The van der Waals surface area contributed by atoms with Crippen molar-refractivity contribution in [2.45, 2.75) is 72.9 Å². The van der Waals surface area contributed by atoms with Crippen LogP contribution >= 0.6 is 11.6 Å². The van der Waals surface area contributed by atoms with Crippen molar-refractivity contribution >= 4 is 11.6 Å². The number of benzene rings is 3. The maximum absolute atomic E-state index is 9.80. The Kier molecular flexibility index (Phi) is 12.7. The Hall–Kier alpha value is -4.92. The van der Waals surface area contributed by atoms with E-state index in [0.29, 0.717) is 48.4 Å². The van der Waals surface area contributed by atoms with Crippen LogP contribution in [0.15, 0.2) is 71.5 Å². The third-order valence-corrected chi connectivity index (χ3v) is 10.1. The molecule has 5 aromatic rings. The number of hydrogen-bond donors (Lipinski definition) is 2. The van der Waals surface area contributed by atoms with Crippen molar-refractivity contribution < 1.29 is 23.8 Å². The second kappa shape index (κ2) is 17.7. The number of aliphatic hydroxyl groups excluding tert-OH is 1. The summed E-state index contributed by atoms with van der Waals surface area (Å²) >= 11 is 6.85. The second-order valence-electron chi connectivity index (χ2n) is 13.5. The maximum Gasteiger partial charge on any atom is 0.142 e. The Morgan fingerprint density at radius 3 is 2.47 bits per heavy atom. The molecule has 0 aliphatic carbocycles. The average molecular weight is 736 g/mol. The third-order valence-electron chi connectivity index (χ3n) is 9.76. The number of hydrogen-bond acceptors (Lipinski definition) is 10. The minimum atomic E-state index is -0.204. The van der Waals surface area contributed by atoms with Crippen LogP contribution in [0.4, 0.5) is 0 Å². The predicted molar refractivity (Wildman–Crippen MR) is 204 cm³/mol. The second-order valence-corrected chi connectivity index (χ2v) is 13.9. The van der Waals surface area contributed by atoms with E-state index in [2.05, 4.69) is 58.5 Å². The van der Waals surface area contributed by atoms with Crippen molar-refractivity contribution in [1.82, 2.24) is 20.4 Å². The van der Waals surface area contributed by atoms with Gasteiger partial charge < -0.3 is 34.1 Å². The molecule has 276 valence electrons. The standard InChI is InChI=1S/C42H46ClN5O5/c1-27-33(8-5-9-36(27)37-10-6-11-40(28(37)2)50-15-7-13-48-14-12-35(49)24-48)26-52-42-18-41(51-25-32-16-31(19-44)20-45-21-32)34(17-39(42)43)22-46-23-38-29(3)47-53-30(38)4/h5-6,8-11,16-18,20-21,35,46,49H,7,12-15,22-26H2,1-4H3/t35-/m0/s1. The van der Waals surface area contributed by atoms with E-state index in [-0.39, 0.29) is 12.7 Å². The fourth-order valence-corrected chi connectivity index (χ4v) is 6.90. The fraction of sp³-hybridized carbons (Fsp3) is 0.357. The lowest BCUT2D eigenvalue weighted by Crippen LogP contribution is -2.24. The molecular formula is C42H46ClN5O5. The highest BCUT2D eigenvalue weighted by Gasteiger charge is 2.20. The zero-order valence-electron chi connectivity index (χ0n) is 30.7. The highest BCUT2D eigenvalue weighted by molar-refractivity contribution is 6.32. The Morgan fingerprint density at radius 2 is 1.72 bits per heavy atom. The van der Waals surface area contributed by atoms with E-state index in [0.717, 1.165) is 94.2 Å². The third kappa shape index (κ3) is 9.55. The molecule has 0 saturated carbocycles. The Labute approximate surface area is 316 Å². The number of aromatic nitrogens is 2. The molecule has 0 unspecified atom stereocenters. The molecule has 0 spiro atoms. The van der Waals surface area contributed by atoms with Gasteiger partial charge in [0.1, 0.15) is 42.3 Å². The van der Waals surface area contributed by atoms with Crippen LogP contribution in [0.1, 0.15) is 63.2 Å². The van der Waals surface area contributed by atoms with E-state index in [4.69, 9.17) is 30.3 Å². The van der Waals surface area contributed by atoms with Gasteiger partial charge >= 0.3 is 0 Å². The first-order chi connectivity index (χ1) is 25.7. The van der Waals surface area contributed by atoms with Crippen LogP contribution in [0.2, 0.25) is 5.02 Å². The van der Waals surface area contributed by atoms with Gasteiger partial charge in [-0.05, 0) is 86.6 Å². The van der Waals surface area contributed by atoms with Gasteiger partial charge in [-0.2, -0.15) is 5.26 Å². The van der Waals surface area contributed by atoms with Crippen molar-refractivity contribution in [3.05, 3.63) is 122 Å². The molecule has 53 heavy (non-hydrogen) atoms. The van der Waals surface area contributed by atoms with Crippen LogP contribution in [-0.4, -0.2) is 52.5 Å². The number of aryl methyl sites for hydroxylation is 2. The number of nitriles is 1. The molecule has 3 heterocycles. The summed E-state index contributed by atoms with van der Waals surface area (Å²) in [5, 5.41) is 27.1. The molecule has 0 amide bonds. The van der Waals surface area contributed by atoms with Crippen LogP contribution in [0, 0.1) is 39.0 Å². The zero-order chi connectivity index (χ0) is 37.3. The van der Waals surface area contributed by atoms with Crippen LogP contribution in [-0.2, 0) is 26.3 Å². The lowest BCUT2D eigenvalue weighted by Gasteiger charge is -2.19. The molecule has 11 heteroatoms. The molecule has 0 radical (unpaired) electrons.